The van der Waals surface area contributed by atoms with Crippen molar-refractivity contribution in [3.05, 3.63) is 22.2 Å². The van der Waals surface area contributed by atoms with Gasteiger partial charge in [0, 0.05) is 29.2 Å². The zero-order chi connectivity index (χ0) is 38.7. The van der Waals surface area contributed by atoms with Gasteiger partial charge in [0.15, 0.2) is 10.9 Å². The molecule has 6 aliphatic rings. The van der Waals surface area contributed by atoms with Crippen molar-refractivity contribution >= 4 is 40.1 Å². The van der Waals surface area contributed by atoms with Gasteiger partial charge in [-0.1, -0.05) is 67.9 Å². The van der Waals surface area contributed by atoms with E-state index >= 15 is 0 Å². The lowest BCUT2D eigenvalue weighted by Crippen LogP contribution is -2.66. The number of nitrogens with one attached hydrogen (secondary N) is 1. The number of thiazole rings is 1. The van der Waals surface area contributed by atoms with E-state index in [4.69, 9.17) is 10.5 Å². The summed E-state index contributed by atoms with van der Waals surface area (Å²) in [6.45, 7) is 21.0. The molecule has 0 bridgehead atoms. The summed E-state index contributed by atoms with van der Waals surface area (Å²) >= 11 is 1.26. The van der Waals surface area contributed by atoms with Crippen LogP contribution in [-0.2, 0) is 19.1 Å². The number of ketones is 1. The fraction of sp³-hybridized carbons (Fsp3) is 0.791. The van der Waals surface area contributed by atoms with E-state index in [0.717, 1.165) is 63.4 Å². The van der Waals surface area contributed by atoms with Gasteiger partial charge in [0.05, 0.1) is 11.8 Å². The second-order valence-electron chi connectivity index (χ2n) is 20.3. The van der Waals surface area contributed by atoms with Crippen LogP contribution in [0.3, 0.4) is 0 Å². The van der Waals surface area contributed by atoms with Crippen LogP contribution in [0.1, 0.15) is 143 Å². The number of carbonyl (C=O) groups is 4. The zero-order valence-electron chi connectivity index (χ0n) is 33.5. The molecule has 292 valence electrons. The van der Waals surface area contributed by atoms with Gasteiger partial charge in [-0.3, -0.25) is 19.2 Å². The number of carboxylic acid groups (broad SMARTS) is 1. The van der Waals surface area contributed by atoms with Crippen LogP contribution in [0.25, 0.3) is 0 Å². The molecule has 9 nitrogen and oxygen atoms in total. The Morgan fingerprint density at radius 1 is 0.943 bits per heavy atom. The van der Waals surface area contributed by atoms with E-state index in [1.807, 2.05) is 13.8 Å². The number of allylic oxidation sites excluding steroid dienone is 2. The average Bonchev–Trinajstić information content (AvgIpc) is 3.62. The largest absolute Gasteiger partial charge is 0.481 e. The van der Waals surface area contributed by atoms with E-state index in [-0.39, 0.29) is 56.9 Å². The first-order chi connectivity index (χ1) is 24.6. The van der Waals surface area contributed by atoms with Crippen LogP contribution in [0.15, 0.2) is 16.5 Å². The number of aliphatic carboxylic acids is 1. The second kappa shape index (κ2) is 12.6. The van der Waals surface area contributed by atoms with Crippen LogP contribution < -0.4 is 11.1 Å². The maximum absolute atomic E-state index is 14.0. The topological polar surface area (TPSA) is 149 Å². The van der Waals surface area contributed by atoms with Crippen molar-refractivity contribution in [2.75, 3.05) is 12.3 Å². The molecule has 0 spiro atoms. The van der Waals surface area contributed by atoms with Crippen molar-refractivity contribution in [2.45, 2.75) is 139 Å². The molecule has 1 amide bonds. The van der Waals surface area contributed by atoms with Crippen molar-refractivity contribution in [3.63, 3.8) is 0 Å². The molecule has 5 saturated carbocycles. The Hall–Kier alpha value is -2.75. The molecule has 0 saturated heterocycles. The number of esters is 1. The Bertz CT molecular complexity index is 1750. The molecule has 7 rings (SSSR count). The smallest absolute Gasteiger partial charge is 0.309 e. The van der Waals surface area contributed by atoms with Crippen LogP contribution in [0, 0.1) is 68.0 Å². The van der Waals surface area contributed by atoms with Crippen LogP contribution in [0.4, 0.5) is 5.13 Å². The van der Waals surface area contributed by atoms with Gasteiger partial charge in [-0.15, -0.1) is 11.3 Å². The van der Waals surface area contributed by atoms with Gasteiger partial charge in [0.1, 0.15) is 11.8 Å². The Morgan fingerprint density at radius 3 is 2.28 bits per heavy atom. The number of nitrogens with two attached hydrogens (primary N) is 1. The maximum atomic E-state index is 14.0. The fourth-order valence-electron chi connectivity index (χ4n) is 14.1. The van der Waals surface area contributed by atoms with Gasteiger partial charge < -0.3 is 20.9 Å². The average molecular weight is 750 g/mol. The summed E-state index contributed by atoms with van der Waals surface area (Å²) in [6.07, 6.45) is 9.74. The number of nitrogen functional groups attached to an aromatic ring is 1. The summed E-state index contributed by atoms with van der Waals surface area (Å²) < 4.78 is 6.41. The van der Waals surface area contributed by atoms with Crippen molar-refractivity contribution < 1.29 is 29.0 Å². The number of amides is 1. The van der Waals surface area contributed by atoms with Crippen molar-refractivity contribution in [1.82, 2.24) is 10.3 Å². The Morgan fingerprint density at radius 2 is 1.66 bits per heavy atom. The molecule has 10 atom stereocenters. The molecule has 0 radical (unpaired) electrons. The molecule has 1 heterocycles. The molecule has 10 heteroatoms. The Kier molecular flexibility index (Phi) is 9.19. The van der Waals surface area contributed by atoms with Crippen LogP contribution in [0.5, 0.6) is 0 Å². The second-order valence-corrected chi connectivity index (χ2v) is 21.2. The molecule has 4 N–H and O–H groups in total. The number of hydrogen-bond donors (Lipinski definition) is 3. The predicted molar refractivity (Wildman–Crippen MR) is 206 cm³/mol. The third-order valence-corrected chi connectivity index (χ3v) is 17.9. The molecule has 0 unspecified atom stereocenters. The molecule has 53 heavy (non-hydrogen) atoms. The molecular weight excluding hydrogens is 687 g/mol. The fourth-order valence-corrected chi connectivity index (χ4v) is 14.6. The third kappa shape index (κ3) is 5.51. The highest BCUT2D eigenvalue weighted by atomic mass is 32.1. The SMILES string of the molecule is CC(C)C1=C2[C@H]3CC[C@@H]4[C@@]5(C)CC[C@H](OC(=O)[C@H]6C[C@@H](C(=O)O)C6(C)C)C(C)(C)[C@@H]5CC[C@@]4(C)[C@]3(C)CC[C@@]2(CCNC(=O)c2csc(N)n2)CC1=O. The summed E-state index contributed by atoms with van der Waals surface area (Å²) in [4.78, 5) is 56.4. The zero-order valence-corrected chi connectivity index (χ0v) is 34.3. The Balaban J connectivity index is 1.12. The molecule has 0 aromatic carbocycles. The van der Waals surface area contributed by atoms with Crippen molar-refractivity contribution in [1.29, 1.82) is 0 Å². The van der Waals surface area contributed by atoms with E-state index in [1.165, 1.54) is 16.9 Å². The van der Waals surface area contributed by atoms with Crippen LogP contribution in [-0.4, -0.2) is 46.4 Å². The van der Waals surface area contributed by atoms with Gasteiger partial charge >= 0.3 is 11.9 Å². The van der Waals surface area contributed by atoms with Gasteiger partial charge in [-0.25, -0.2) is 4.98 Å². The lowest BCUT2D eigenvalue weighted by atomic mass is 9.33. The molecule has 1 aromatic heterocycles. The highest BCUT2D eigenvalue weighted by Gasteiger charge is 2.70. The summed E-state index contributed by atoms with van der Waals surface area (Å²) in [5.74, 6) is -0.428. The van der Waals surface area contributed by atoms with Crippen molar-refractivity contribution in [3.8, 4) is 0 Å². The summed E-state index contributed by atoms with van der Waals surface area (Å²) in [5, 5.41) is 14.8. The van der Waals surface area contributed by atoms with Crippen molar-refractivity contribution in [2.24, 2.45) is 68.0 Å². The quantitative estimate of drug-likeness (QED) is 0.224. The number of carboxylic acids is 1. The minimum absolute atomic E-state index is 0.0405. The van der Waals surface area contributed by atoms with Gasteiger partial charge in [0.25, 0.3) is 5.91 Å². The van der Waals surface area contributed by atoms with E-state index in [0.29, 0.717) is 53.7 Å². The maximum Gasteiger partial charge on any atom is 0.309 e. The van der Waals surface area contributed by atoms with Crippen LogP contribution in [0.2, 0.25) is 0 Å². The predicted octanol–water partition coefficient (Wildman–Crippen LogP) is 8.48. The lowest BCUT2D eigenvalue weighted by molar-refractivity contribution is -0.236. The van der Waals surface area contributed by atoms with Gasteiger partial charge in [-0.05, 0) is 115 Å². The number of aromatic nitrogens is 1. The van der Waals surface area contributed by atoms with E-state index in [1.54, 1.807) is 5.38 Å². The summed E-state index contributed by atoms with van der Waals surface area (Å²) in [5.41, 5.74) is 7.82. The number of Topliss-reactive ketones (excluding diaryl/α,β-unsaturated/α-hetero) is 1. The minimum Gasteiger partial charge on any atom is -0.481 e. The molecule has 0 aliphatic heterocycles. The lowest BCUT2D eigenvalue weighted by Gasteiger charge is -2.72. The molecule has 6 aliphatic carbocycles. The highest BCUT2D eigenvalue weighted by molar-refractivity contribution is 7.13. The Labute approximate surface area is 320 Å². The molecular formula is C43H63N3O6S. The number of carbonyl (C=O) groups excluding carboxylic acids is 3. The van der Waals surface area contributed by atoms with E-state index in [2.05, 4.69) is 58.8 Å². The number of anilines is 1. The number of ether oxygens (including phenoxy) is 1. The first kappa shape index (κ1) is 38.5. The standard InChI is InChI=1S/C43H63N3O6S/c1-23(2)32-28(47)21-43(18-19-45-34(48)27-22-53-37(44)46-27)17-16-41(8)24(33(32)43)10-11-30-40(7)14-13-31(39(5,6)29(40)12-15-42(30,41)9)52-36(51)26-20-25(35(49)50)38(26,3)4/h22-26,29-31H,10-21H2,1-9H3,(H2,44,46)(H,45,48)(H,49,50)/t24-,25+,26-,29+,30-,31+,40+,41-,42-,43-/m1/s1. The van der Waals surface area contributed by atoms with Crippen LogP contribution >= 0.6 is 11.3 Å². The monoisotopic (exact) mass is 749 g/mol. The number of nitrogens with zero attached hydrogens (tertiary/aromatic N) is 1. The normalized spacial score (nSPS) is 41.1. The van der Waals surface area contributed by atoms with Gasteiger partial charge in [-0.2, -0.15) is 0 Å². The first-order valence-electron chi connectivity index (χ1n) is 20.3. The summed E-state index contributed by atoms with van der Waals surface area (Å²) in [6, 6.07) is 0. The van der Waals surface area contributed by atoms with E-state index in [9.17, 15) is 24.3 Å². The number of hydrogen-bond acceptors (Lipinski definition) is 8. The molecule has 5 fully saturated rings. The highest BCUT2D eigenvalue weighted by Crippen LogP contribution is 2.77. The number of rotatable bonds is 8. The third-order valence-electron chi connectivity index (χ3n) is 17.3. The first-order valence-corrected chi connectivity index (χ1v) is 21.2. The molecule has 1 aromatic rings. The summed E-state index contributed by atoms with van der Waals surface area (Å²) in [7, 11) is 0. The van der Waals surface area contributed by atoms with Gasteiger partial charge in [0.2, 0.25) is 0 Å². The number of fused-ring (bicyclic) bond motifs is 7. The van der Waals surface area contributed by atoms with E-state index < -0.39 is 17.3 Å². The minimum atomic E-state index is -0.830.